The number of benzene rings is 1. The van der Waals surface area contributed by atoms with Crippen LogP contribution in [0.3, 0.4) is 0 Å². The van der Waals surface area contributed by atoms with Gasteiger partial charge in [0.05, 0.1) is 12.8 Å². The molecule has 0 saturated carbocycles. The van der Waals surface area contributed by atoms with Crippen LogP contribution in [0.15, 0.2) is 66.3 Å². The van der Waals surface area contributed by atoms with Gasteiger partial charge in [0.15, 0.2) is 5.69 Å². The van der Waals surface area contributed by atoms with E-state index in [2.05, 4.69) is 26.7 Å². The number of pyridine rings is 1. The minimum absolute atomic E-state index is 0.262. The summed E-state index contributed by atoms with van der Waals surface area (Å²) >= 11 is 1.67. The van der Waals surface area contributed by atoms with Crippen molar-refractivity contribution in [2.24, 2.45) is 0 Å². The number of thiophene rings is 1. The molecule has 29 heavy (non-hydrogen) atoms. The summed E-state index contributed by atoms with van der Waals surface area (Å²) in [5, 5.41) is 13.4. The SMILES string of the molecule is COc1cccc(-n2nnc(C(=O)NCCc3cccs3)c2-c2ccncc2)c1. The maximum absolute atomic E-state index is 12.9. The highest BCUT2D eigenvalue weighted by atomic mass is 32.1. The van der Waals surface area contributed by atoms with Crippen molar-refractivity contribution in [3.8, 4) is 22.7 Å². The summed E-state index contributed by atoms with van der Waals surface area (Å²) in [7, 11) is 1.61. The number of ether oxygens (including phenoxy) is 1. The number of hydrogen-bond acceptors (Lipinski definition) is 6. The fourth-order valence-corrected chi connectivity index (χ4v) is 3.67. The summed E-state index contributed by atoms with van der Waals surface area (Å²) < 4.78 is 6.96. The van der Waals surface area contributed by atoms with E-state index >= 15 is 0 Å². The lowest BCUT2D eigenvalue weighted by atomic mass is 10.1. The molecule has 0 aliphatic heterocycles. The van der Waals surface area contributed by atoms with Gasteiger partial charge in [-0.05, 0) is 42.1 Å². The second-order valence-corrected chi connectivity index (χ2v) is 7.25. The highest BCUT2D eigenvalue weighted by Gasteiger charge is 2.22. The number of nitrogens with zero attached hydrogens (tertiary/aromatic N) is 4. The fourth-order valence-electron chi connectivity index (χ4n) is 2.96. The number of aromatic nitrogens is 4. The first-order chi connectivity index (χ1) is 14.3. The summed E-state index contributed by atoms with van der Waals surface area (Å²) in [6, 6.07) is 15.2. The van der Waals surface area contributed by atoms with Crippen LogP contribution < -0.4 is 10.1 Å². The molecule has 0 aliphatic carbocycles. The van der Waals surface area contributed by atoms with Gasteiger partial charge in [0.1, 0.15) is 11.4 Å². The first-order valence-electron chi connectivity index (χ1n) is 9.07. The van der Waals surface area contributed by atoms with Crippen molar-refractivity contribution in [2.75, 3.05) is 13.7 Å². The smallest absolute Gasteiger partial charge is 0.274 e. The third-order valence-electron chi connectivity index (χ3n) is 4.37. The minimum Gasteiger partial charge on any atom is -0.497 e. The normalized spacial score (nSPS) is 10.7. The van der Waals surface area contributed by atoms with Gasteiger partial charge in [0, 0.05) is 35.4 Å². The van der Waals surface area contributed by atoms with Gasteiger partial charge < -0.3 is 10.1 Å². The lowest BCUT2D eigenvalue weighted by molar-refractivity contribution is 0.0950. The molecule has 0 fully saturated rings. The largest absolute Gasteiger partial charge is 0.497 e. The van der Waals surface area contributed by atoms with Crippen LogP contribution in [0.25, 0.3) is 16.9 Å². The Kier molecular flexibility index (Phi) is 5.62. The lowest BCUT2D eigenvalue weighted by Crippen LogP contribution is -2.26. The molecule has 4 rings (SSSR count). The van der Waals surface area contributed by atoms with Crippen LogP contribution in [-0.4, -0.2) is 39.5 Å². The molecule has 8 heteroatoms. The molecule has 4 aromatic rings. The average molecular weight is 405 g/mol. The molecule has 0 unspecified atom stereocenters. The predicted molar refractivity (Wildman–Crippen MR) is 111 cm³/mol. The molecule has 0 spiro atoms. The third kappa shape index (κ3) is 4.17. The van der Waals surface area contributed by atoms with E-state index in [1.54, 1.807) is 35.5 Å². The zero-order valence-electron chi connectivity index (χ0n) is 15.8. The van der Waals surface area contributed by atoms with Crippen molar-refractivity contribution in [2.45, 2.75) is 6.42 Å². The zero-order chi connectivity index (χ0) is 20.1. The Morgan fingerprint density at radius 3 is 2.79 bits per heavy atom. The van der Waals surface area contributed by atoms with Gasteiger partial charge in [-0.15, -0.1) is 16.4 Å². The van der Waals surface area contributed by atoms with Crippen LogP contribution in [-0.2, 0) is 6.42 Å². The van der Waals surface area contributed by atoms with Crippen LogP contribution in [0, 0.1) is 0 Å². The number of amides is 1. The van der Waals surface area contributed by atoms with Gasteiger partial charge in [0.2, 0.25) is 0 Å². The van der Waals surface area contributed by atoms with E-state index in [9.17, 15) is 4.79 Å². The number of nitrogens with one attached hydrogen (secondary N) is 1. The molecule has 1 aromatic carbocycles. The standard InChI is InChI=1S/C21H19N5O2S/c1-28-17-5-2-4-16(14-17)26-20(15-7-10-22-11-8-15)19(24-25-26)21(27)23-12-9-18-6-3-13-29-18/h2-8,10-11,13-14H,9,12H2,1H3,(H,23,27). The van der Waals surface area contributed by atoms with Crippen LogP contribution >= 0.6 is 11.3 Å². The average Bonchev–Trinajstić information content (AvgIpc) is 3.44. The maximum Gasteiger partial charge on any atom is 0.274 e. The molecule has 0 bridgehead atoms. The van der Waals surface area contributed by atoms with Crippen molar-refractivity contribution in [3.05, 3.63) is 76.9 Å². The number of methoxy groups -OCH3 is 1. The second-order valence-electron chi connectivity index (χ2n) is 6.22. The predicted octanol–water partition coefficient (Wildman–Crippen LogP) is 3.37. The van der Waals surface area contributed by atoms with Gasteiger partial charge in [-0.2, -0.15) is 0 Å². The molecule has 146 valence electrons. The van der Waals surface area contributed by atoms with Gasteiger partial charge >= 0.3 is 0 Å². The highest BCUT2D eigenvalue weighted by Crippen LogP contribution is 2.26. The lowest BCUT2D eigenvalue weighted by Gasteiger charge is -2.10. The Morgan fingerprint density at radius 2 is 2.03 bits per heavy atom. The van der Waals surface area contributed by atoms with Crippen LogP contribution in [0.2, 0.25) is 0 Å². The van der Waals surface area contributed by atoms with Crippen molar-refractivity contribution >= 4 is 17.2 Å². The Bertz CT molecular complexity index is 1090. The Balaban J connectivity index is 1.66. The minimum atomic E-state index is -0.262. The van der Waals surface area contributed by atoms with E-state index < -0.39 is 0 Å². The van der Waals surface area contributed by atoms with Crippen LogP contribution in [0.1, 0.15) is 15.4 Å². The van der Waals surface area contributed by atoms with Crippen LogP contribution in [0.5, 0.6) is 5.75 Å². The second kappa shape index (κ2) is 8.66. The van der Waals surface area contributed by atoms with E-state index in [0.717, 1.165) is 17.7 Å². The third-order valence-corrected chi connectivity index (χ3v) is 5.31. The number of carbonyl (C=O) groups is 1. The van der Waals surface area contributed by atoms with Crippen molar-refractivity contribution in [3.63, 3.8) is 0 Å². The Morgan fingerprint density at radius 1 is 1.17 bits per heavy atom. The summed E-state index contributed by atoms with van der Waals surface area (Å²) in [5.41, 5.74) is 2.43. The van der Waals surface area contributed by atoms with E-state index in [1.807, 2.05) is 47.8 Å². The molecule has 0 aliphatic rings. The van der Waals surface area contributed by atoms with Gasteiger partial charge in [0.25, 0.3) is 5.91 Å². The first kappa shape index (κ1) is 18.8. The summed E-state index contributed by atoms with van der Waals surface area (Å²) in [6.45, 7) is 0.529. The van der Waals surface area contributed by atoms with Crippen molar-refractivity contribution < 1.29 is 9.53 Å². The van der Waals surface area contributed by atoms with E-state index in [1.165, 1.54) is 4.88 Å². The quantitative estimate of drug-likeness (QED) is 0.510. The number of rotatable bonds is 7. The van der Waals surface area contributed by atoms with E-state index in [4.69, 9.17) is 4.74 Å². The highest BCUT2D eigenvalue weighted by molar-refractivity contribution is 7.09. The summed E-state index contributed by atoms with van der Waals surface area (Å²) in [5.74, 6) is 0.433. The molecule has 0 saturated heterocycles. The van der Waals surface area contributed by atoms with Crippen molar-refractivity contribution in [1.29, 1.82) is 0 Å². The molecule has 3 heterocycles. The van der Waals surface area contributed by atoms with Gasteiger partial charge in [-0.25, -0.2) is 4.68 Å². The van der Waals surface area contributed by atoms with Crippen molar-refractivity contribution in [1.82, 2.24) is 25.3 Å². The summed E-state index contributed by atoms with van der Waals surface area (Å²) in [4.78, 5) is 18.2. The summed E-state index contributed by atoms with van der Waals surface area (Å²) in [6.07, 6.45) is 4.13. The fraction of sp³-hybridized carbons (Fsp3) is 0.143. The number of carbonyl (C=O) groups excluding carboxylic acids is 1. The van der Waals surface area contributed by atoms with Crippen LogP contribution in [0.4, 0.5) is 0 Å². The zero-order valence-corrected chi connectivity index (χ0v) is 16.6. The molecular weight excluding hydrogens is 386 g/mol. The topological polar surface area (TPSA) is 81.9 Å². The molecular formula is C21H19N5O2S. The molecule has 0 radical (unpaired) electrons. The van der Waals surface area contributed by atoms with E-state index in [0.29, 0.717) is 18.0 Å². The first-order valence-corrected chi connectivity index (χ1v) is 9.95. The number of hydrogen-bond donors (Lipinski definition) is 1. The Labute approximate surface area is 172 Å². The maximum atomic E-state index is 12.9. The van der Waals surface area contributed by atoms with Gasteiger partial charge in [-0.3, -0.25) is 9.78 Å². The molecule has 1 N–H and O–H groups in total. The molecule has 3 aromatic heterocycles. The Hall–Kier alpha value is -3.52. The molecule has 0 atom stereocenters. The molecule has 1 amide bonds. The van der Waals surface area contributed by atoms with E-state index in [-0.39, 0.29) is 11.6 Å². The molecule has 7 nitrogen and oxygen atoms in total. The monoisotopic (exact) mass is 405 g/mol. The van der Waals surface area contributed by atoms with Gasteiger partial charge in [-0.1, -0.05) is 17.3 Å².